The fraction of sp³-hybridized carbons (Fsp3) is 0.174. The second-order valence-corrected chi connectivity index (χ2v) is 6.66. The van der Waals surface area contributed by atoms with Gasteiger partial charge in [0.05, 0.1) is 11.6 Å². The Morgan fingerprint density at radius 1 is 1.13 bits per heavy atom. The van der Waals surface area contributed by atoms with Crippen molar-refractivity contribution in [3.05, 3.63) is 66.2 Å². The van der Waals surface area contributed by atoms with Gasteiger partial charge in [-0.1, -0.05) is 48.5 Å². The number of aryl methyl sites for hydroxylation is 1. The van der Waals surface area contributed by atoms with Gasteiger partial charge in [0, 0.05) is 24.4 Å². The maximum Gasteiger partial charge on any atom is 0.283 e. The summed E-state index contributed by atoms with van der Waals surface area (Å²) in [5.41, 5.74) is 1.78. The molecule has 0 fully saturated rings. The number of para-hydroxylation sites is 1. The van der Waals surface area contributed by atoms with E-state index < -0.39 is 11.8 Å². The summed E-state index contributed by atoms with van der Waals surface area (Å²) in [5, 5.41) is 29.9. The largest absolute Gasteiger partial charge is 0.493 e. The van der Waals surface area contributed by atoms with Crippen LogP contribution < -0.4 is 5.32 Å². The van der Waals surface area contributed by atoms with E-state index in [1.165, 1.54) is 6.08 Å². The van der Waals surface area contributed by atoms with Crippen LogP contribution in [-0.2, 0) is 16.1 Å². The zero-order valence-corrected chi connectivity index (χ0v) is 16.7. The first-order chi connectivity index (χ1) is 15.1. The topological polar surface area (TPSA) is 120 Å². The minimum atomic E-state index is -0.651. The Morgan fingerprint density at radius 3 is 2.65 bits per heavy atom. The van der Waals surface area contributed by atoms with Crippen LogP contribution in [0.1, 0.15) is 18.4 Å². The van der Waals surface area contributed by atoms with Crippen molar-refractivity contribution in [2.75, 3.05) is 6.54 Å². The van der Waals surface area contributed by atoms with E-state index in [9.17, 15) is 14.7 Å². The number of azo groups is 1. The third-order valence-electron chi connectivity index (χ3n) is 4.49. The van der Waals surface area contributed by atoms with Gasteiger partial charge >= 0.3 is 0 Å². The van der Waals surface area contributed by atoms with E-state index >= 15 is 0 Å². The van der Waals surface area contributed by atoms with E-state index in [1.807, 2.05) is 42.5 Å². The first-order valence-corrected chi connectivity index (χ1v) is 9.73. The summed E-state index contributed by atoms with van der Waals surface area (Å²) in [5.74, 6) is -1.20. The summed E-state index contributed by atoms with van der Waals surface area (Å²) < 4.78 is 1.64. The van der Waals surface area contributed by atoms with Gasteiger partial charge in [-0.25, -0.2) is 0 Å². The highest BCUT2D eigenvalue weighted by atomic mass is 16.3. The van der Waals surface area contributed by atoms with E-state index in [4.69, 9.17) is 5.26 Å². The Hall–Kier alpha value is -4.25. The van der Waals surface area contributed by atoms with Crippen molar-refractivity contribution in [2.24, 2.45) is 10.2 Å². The molecule has 8 heteroatoms. The highest BCUT2D eigenvalue weighted by molar-refractivity contribution is 5.96. The van der Waals surface area contributed by atoms with Gasteiger partial charge in [-0.05, 0) is 24.1 Å². The van der Waals surface area contributed by atoms with Crippen LogP contribution in [0, 0.1) is 11.3 Å². The number of aromatic nitrogens is 1. The first kappa shape index (κ1) is 21.5. The van der Waals surface area contributed by atoms with Crippen LogP contribution in [0.2, 0.25) is 0 Å². The summed E-state index contributed by atoms with van der Waals surface area (Å²) >= 11 is 0. The van der Waals surface area contributed by atoms with Gasteiger partial charge in [-0.15, -0.1) is 10.2 Å². The normalized spacial score (nSPS) is 11.2. The van der Waals surface area contributed by atoms with E-state index in [0.29, 0.717) is 24.8 Å². The standard InChI is InChI=1S/C23H21N5O3/c24-14-6-7-15-28-19-11-5-4-10-18(19)22(23(28)31)27-26-21(30)16-25-20(29)13-12-17-8-2-1-3-9-17/h1-5,8-13,31H,6-7,15-16H2,(H,25,29)/b13-12+,27-26?. The lowest BCUT2D eigenvalue weighted by atomic mass is 10.2. The Bertz CT molecular complexity index is 1170. The third-order valence-corrected chi connectivity index (χ3v) is 4.49. The Morgan fingerprint density at radius 2 is 1.87 bits per heavy atom. The lowest BCUT2D eigenvalue weighted by molar-refractivity contribution is -0.122. The van der Waals surface area contributed by atoms with Crippen molar-refractivity contribution in [1.29, 1.82) is 5.26 Å². The predicted octanol–water partition coefficient (Wildman–Crippen LogP) is 4.09. The van der Waals surface area contributed by atoms with Crippen molar-refractivity contribution < 1.29 is 14.7 Å². The fourth-order valence-electron chi connectivity index (χ4n) is 3.01. The maximum atomic E-state index is 12.0. The number of amides is 2. The van der Waals surface area contributed by atoms with Crippen LogP contribution in [0.5, 0.6) is 5.88 Å². The molecule has 8 nitrogen and oxygen atoms in total. The number of nitrogens with one attached hydrogen (secondary N) is 1. The Kier molecular flexibility index (Phi) is 7.27. The lowest BCUT2D eigenvalue weighted by Crippen LogP contribution is -2.26. The molecule has 3 aromatic rings. The Balaban J connectivity index is 1.65. The van der Waals surface area contributed by atoms with Crippen LogP contribution in [-0.4, -0.2) is 28.0 Å². The molecular weight excluding hydrogens is 394 g/mol. The molecule has 2 amide bonds. The number of nitrogens with zero attached hydrogens (tertiary/aromatic N) is 4. The maximum absolute atomic E-state index is 12.0. The zero-order chi connectivity index (χ0) is 22.1. The number of carbonyl (C=O) groups excluding carboxylic acids is 2. The van der Waals surface area contributed by atoms with Gasteiger partial charge in [0.25, 0.3) is 5.91 Å². The summed E-state index contributed by atoms with van der Waals surface area (Å²) in [6, 6.07) is 18.6. The van der Waals surface area contributed by atoms with E-state index in [0.717, 1.165) is 11.1 Å². The van der Waals surface area contributed by atoms with Gasteiger partial charge in [0.15, 0.2) is 5.69 Å². The number of hydrogen-bond acceptors (Lipinski definition) is 5. The second kappa shape index (κ2) is 10.5. The number of carbonyl (C=O) groups is 2. The van der Waals surface area contributed by atoms with Crippen LogP contribution in [0.4, 0.5) is 5.69 Å². The van der Waals surface area contributed by atoms with Gasteiger partial charge in [0.1, 0.15) is 6.54 Å². The fourth-order valence-corrected chi connectivity index (χ4v) is 3.01. The average Bonchev–Trinajstić information content (AvgIpc) is 3.06. The molecule has 0 spiro atoms. The molecule has 2 N–H and O–H groups in total. The molecular formula is C23H21N5O3. The molecule has 0 aliphatic rings. The van der Waals surface area contributed by atoms with Crippen molar-refractivity contribution in [3.8, 4) is 11.9 Å². The molecule has 2 aromatic carbocycles. The van der Waals surface area contributed by atoms with Crippen LogP contribution in [0.25, 0.3) is 17.0 Å². The molecule has 0 aliphatic carbocycles. The smallest absolute Gasteiger partial charge is 0.283 e. The number of nitriles is 1. The second-order valence-electron chi connectivity index (χ2n) is 6.66. The number of benzene rings is 2. The molecule has 0 unspecified atom stereocenters. The summed E-state index contributed by atoms with van der Waals surface area (Å²) in [7, 11) is 0. The molecule has 31 heavy (non-hydrogen) atoms. The minimum absolute atomic E-state index is 0.120. The van der Waals surface area contributed by atoms with E-state index in [2.05, 4.69) is 21.6 Å². The molecule has 3 rings (SSSR count). The molecule has 0 saturated carbocycles. The predicted molar refractivity (Wildman–Crippen MR) is 116 cm³/mol. The van der Waals surface area contributed by atoms with Crippen LogP contribution >= 0.6 is 0 Å². The number of rotatable bonds is 8. The monoisotopic (exact) mass is 415 g/mol. The lowest BCUT2D eigenvalue weighted by Gasteiger charge is -2.04. The van der Waals surface area contributed by atoms with Gasteiger partial charge in [-0.2, -0.15) is 5.26 Å². The number of hydrogen-bond donors (Lipinski definition) is 2. The molecule has 1 aromatic heterocycles. The van der Waals surface area contributed by atoms with E-state index in [1.54, 1.807) is 22.8 Å². The van der Waals surface area contributed by atoms with E-state index in [-0.39, 0.29) is 18.1 Å². The van der Waals surface area contributed by atoms with Gasteiger partial charge in [-0.3, -0.25) is 9.59 Å². The van der Waals surface area contributed by atoms with Gasteiger partial charge in [0.2, 0.25) is 11.8 Å². The number of unbranched alkanes of at least 4 members (excludes halogenated alkanes) is 1. The van der Waals surface area contributed by atoms with Crippen molar-refractivity contribution in [3.63, 3.8) is 0 Å². The molecule has 0 radical (unpaired) electrons. The van der Waals surface area contributed by atoms with Gasteiger partial charge < -0.3 is 15.0 Å². The van der Waals surface area contributed by atoms with Crippen molar-refractivity contribution in [2.45, 2.75) is 19.4 Å². The van der Waals surface area contributed by atoms with Crippen molar-refractivity contribution >= 4 is 34.5 Å². The molecule has 1 heterocycles. The first-order valence-electron chi connectivity index (χ1n) is 9.73. The minimum Gasteiger partial charge on any atom is -0.493 e. The third kappa shape index (κ3) is 5.64. The molecule has 0 aliphatic heterocycles. The highest BCUT2D eigenvalue weighted by Gasteiger charge is 2.16. The SMILES string of the molecule is N#CCCCn1c(O)c(N=NC(=O)CNC(=O)/C=C/c2ccccc2)c2ccccc21. The Labute approximate surface area is 179 Å². The average molecular weight is 415 g/mol. The molecule has 0 atom stereocenters. The molecule has 156 valence electrons. The number of fused-ring (bicyclic) bond motifs is 1. The summed E-state index contributed by atoms with van der Waals surface area (Å²) in [4.78, 5) is 23.9. The van der Waals surface area contributed by atoms with Crippen molar-refractivity contribution in [1.82, 2.24) is 9.88 Å². The number of aromatic hydroxyl groups is 1. The van der Waals surface area contributed by atoms with Crippen LogP contribution in [0.3, 0.4) is 0 Å². The molecule has 0 saturated heterocycles. The zero-order valence-electron chi connectivity index (χ0n) is 16.7. The van der Waals surface area contributed by atoms with Crippen LogP contribution in [0.15, 0.2) is 70.9 Å². The summed E-state index contributed by atoms with van der Waals surface area (Å²) in [6.45, 7) is 0.121. The quantitative estimate of drug-likeness (QED) is 0.327. The molecule has 0 bridgehead atoms. The highest BCUT2D eigenvalue weighted by Crippen LogP contribution is 2.38. The summed E-state index contributed by atoms with van der Waals surface area (Å²) in [6.07, 6.45) is 3.90.